The van der Waals surface area contributed by atoms with Crippen LogP contribution in [0.5, 0.6) is 0 Å². The first-order chi connectivity index (χ1) is 18.2. The highest BCUT2D eigenvalue weighted by Gasteiger charge is 2.35. The van der Waals surface area contributed by atoms with E-state index in [1.54, 1.807) is 29.4 Å². The van der Waals surface area contributed by atoms with Crippen LogP contribution < -0.4 is 4.90 Å². The summed E-state index contributed by atoms with van der Waals surface area (Å²) < 4.78 is 28.9. The van der Waals surface area contributed by atoms with Gasteiger partial charge in [0.25, 0.3) is 0 Å². The number of para-hydroxylation sites is 1. The molecule has 1 saturated heterocycles. The van der Waals surface area contributed by atoms with Gasteiger partial charge in [0.1, 0.15) is 0 Å². The number of amides is 1. The Kier molecular flexibility index (Phi) is 7.61. The maximum absolute atomic E-state index is 14.0. The van der Waals surface area contributed by atoms with Crippen molar-refractivity contribution in [3.05, 3.63) is 83.7 Å². The molecule has 4 aromatic rings. The van der Waals surface area contributed by atoms with Crippen LogP contribution in [-0.2, 0) is 21.4 Å². The highest BCUT2D eigenvalue weighted by molar-refractivity contribution is 7.89. The van der Waals surface area contributed by atoms with Crippen LogP contribution >= 0.6 is 11.3 Å². The average molecular weight is 549 g/mol. The van der Waals surface area contributed by atoms with Crippen LogP contribution in [0.4, 0.5) is 5.13 Å². The zero-order valence-corrected chi connectivity index (χ0v) is 23.5. The van der Waals surface area contributed by atoms with Gasteiger partial charge in [-0.25, -0.2) is 13.4 Å². The van der Waals surface area contributed by atoms with Gasteiger partial charge in [-0.3, -0.25) is 14.7 Å². The molecule has 9 heteroatoms. The number of piperidine rings is 1. The van der Waals surface area contributed by atoms with Crippen LogP contribution in [-0.4, -0.2) is 41.7 Å². The topological polar surface area (TPSA) is 83.5 Å². The Morgan fingerprint density at radius 2 is 1.82 bits per heavy atom. The number of aryl methyl sites for hydroxylation is 1. The number of carbonyl (C=O) groups excluding carboxylic acids is 1. The Labute approximate surface area is 228 Å². The molecule has 1 fully saturated rings. The highest BCUT2D eigenvalue weighted by atomic mass is 32.2. The van der Waals surface area contributed by atoms with Crippen molar-refractivity contribution >= 4 is 42.6 Å². The molecule has 5 rings (SSSR count). The molecule has 2 aromatic carbocycles. The van der Waals surface area contributed by atoms with Crippen molar-refractivity contribution in [2.75, 3.05) is 18.0 Å². The van der Waals surface area contributed by atoms with Crippen LogP contribution in [0.1, 0.15) is 49.3 Å². The minimum Gasteiger partial charge on any atom is -0.283 e. The number of hydrogen-bond donors (Lipinski definition) is 0. The maximum Gasteiger partial charge on any atom is 0.243 e. The molecule has 38 heavy (non-hydrogen) atoms. The minimum absolute atomic E-state index is 0.0219. The van der Waals surface area contributed by atoms with E-state index in [1.165, 1.54) is 15.6 Å². The first kappa shape index (κ1) is 26.5. The summed E-state index contributed by atoms with van der Waals surface area (Å²) in [5, 5.41) is 0.664. The molecule has 0 N–H and O–H groups in total. The Morgan fingerprint density at radius 1 is 1.08 bits per heavy atom. The van der Waals surface area contributed by atoms with E-state index in [9.17, 15) is 13.2 Å². The van der Waals surface area contributed by atoms with Gasteiger partial charge >= 0.3 is 0 Å². The molecule has 1 amide bonds. The first-order valence-corrected chi connectivity index (χ1v) is 15.2. The second kappa shape index (κ2) is 10.9. The molecule has 1 aliphatic heterocycles. The standard InChI is InChI=1S/C29H32N4O3S2/c1-20(2)25-7-4-8-26-27(25)31-29(37-26)33(19-22-6-5-15-30-18-22)28(34)23-13-16-32(17-14-23)38(35,36)24-11-9-21(3)10-12-24/h4-12,15,18,20,23H,13-14,16-17,19H2,1-3H3. The molecular weight excluding hydrogens is 516 g/mol. The minimum atomic E-state index is -3.59. The summed E-state index contributed by atoms with van der Waals surface area (Å²) in [5.74, 6) is 0.00930. The van der Waals surface area contributed by atoms with Crippen molar-refractivity contribution in [1.82, 2.24) is 14.3 Å². The van der Waals surface area contributed by atoms with Crippen LogP contribution in [0.3, 0.4) is 0 Å². The molecule has 0 aliphatic carbocycles. The van der Waals surface area contributed by atoms with E-state index < -0.39 is 10.0 Å². The summed E-state index contributed by atoms with van der Waals surface area (Å²) in [6, 6.07) is 16.9. The third-order valence-electron chi connectivity index (χ3n) is 7.08. The van der Waals surface area contributed by atoms with E-state index >= 15 is 0 Å². The van der Waals surface area contributed by atoms with Gasteiger partial charge in [-0.2, -0.15) is 4.31 Å². The zero-order valence-electron chi connectivity index (χ0n) is 21.9. The molecule has 7 nitrogen and oxygen atoms in total. The molecule has 0 radical (unpaired) electrons. The quantitative estimate of drug-likeness (QED) is 0.293. The molecule has 3 heterocycles. The SMILES string of the molecule is Cc1ccc(S(=O)(=O)N2CCC(C(=O)N(Cc3cccnc3)c3nc4c(C(C)C)cccc4s3)CC2)cc1. The molecule has 0 atom stereocenters. The Balaban J connectivity index is 1.39. The number of carbonyl (C=O) groups is 1. The van der Waals surface area contributed by atoms with Crippen molar-refractivity contribution in [2.24, 2.45) is 5.92 Å². The molecular formula is C29H32N4O3S2. The van der Waals surface area contributed by atoms with E-state index in [0.29, 0.717) is 48.4 Å². The van der Waals surface area contributed by atoms with Crippen molar-refractivity contribution in [2.45, 2.75) is 51.0 Å². The number of sulfonamides is 1. The monoisotopic (exact) mass is 548 g/mol. The number of anilines is 1. The maximum atomic E-state index is 14.0. The zero-order chi connectivity index (χ0) is 26.9. The summed E-state index contributed by atoms with van der Waals surface area (Å²) in [6.07, 6.45) is 4.42. The van der Waals surface area contributed by atoms with E-state index in [-0.39, 0.29) is 11.8 Å². The predicted molar refractivity (Wildman–Crippen MR) is 152 cm³/mol. The number of hydrogen-bond acceptors (Lipinski definition) is 6. The number of aromatic nitrogens is 2. The van der Waals surface area contributed by atoms with E-state index in [2.05, 4.69) is 24.9 Å². The molecule has 0 saturated carbocycles. The van der Waals surface area contributed by atoms with Crippen molar-refractivity contribution in [3.63, 3.8) is 0 Å². The third kappa shape index (κ3) is 5.36. The summed E-state index contributed by atoms with van der Waals surface area (Å²) >= 11 is 1.52. The molecule has 2 aromatic heterocycles. The summed E-state index contributed by atoms with van der Waals surface area (Å²) in [4.78, 5) is 25.2. The summed E-state index contributed by atoms with van der Waals surface area (Å²) in [7, 11) is -3.59. The van der Waals surface area contributed by atoms with Crippen molar-refractivity contribution in [3.8, 4) is 0 Å². The smallest absolute Gasteiger partial charge is 0.243 e. The predicted octanol–water partition coefficient (Wildman–Crippen LogP) is 5.76. The summed E-state index contributed by atoms with van der Waals surface area (Å²) in [6.45, 7) is 7.20. The second-order valence-corrected chi connectivity index (χ2v) is 13.1. The lowest BCUT2D eigenvalue weighted by atomic mass is 9.96. The largest absolute Gasteiger partial charge is 0.283 e. The van der Waals surface area contributed by atoms with Gasteiger partial charge in [0.2, 0.25) is 15.9 Å². The van der Waals surface area contributed by atoms with E-state index in [1.807, 2.05) is 43.3 Å². The van der Waals surface area contributed by atoms with Gasteiger partial charge < -0.3 is 0 Å². The number of fused-ring (bicyclic) bond motifs is 1. The van der Waals surface area contributed by atoms with Crippen molar-refractivity contribution in [1.29, 1.82) is 0 Å². The van der Waals surface area contributed by atoms with Gasteiger partial charge in [0, 0.05) is 31.4 Å². The van der Waals surface area contributed by atoms with E-state index in [0.717, 1.165) is 26.9 Å². The molecule has 198 valence electrons. The third-order valence-corrected chi connectivity index (χ3v) is 10.0. The fraction of sp³-hybridized carbons (Fsp3) is 0.345. The van der Waals surface area contributed by atoms with Crippen LogP contribution in [0.2, 0.25) is 0 Å². The highest BCUT2D eigenvalue weighted by Crippen LogP contribution is 2.36. The second-order valence-electron chi connectivity index (χ2n) is 10.1. The van der Waals surface area contributed by atoms with E-state index in [4.69, 9.17) is 4.98 Å². The molecule has 0 unspecified atom stereocenters. The van der Waals surface area contributed by atoms with Crippen LogP contribution in [0.15, 0.2) is 71.9 Å². The molecule has 1 aliphatic rings. The fourth-order valence-electron chi connectivity index (χ4n) is 4.88. The van der Waals surface area contributed by atoms with Gasteiger partial charge in [0.15, 0.2) is 5.13 Å². The fourth-order valence-corrected chi connectivity index (χ4v) is 7.35. The van der Waals surface area contributed by atoms with Gasteiger partial charge in [-0.15, -0.1) is 0 Å². The Bertz CT molecular complexity index is 1530. The first-order valence-electron chi connectivity index (χ1n) is 12.9. The molecule has 0 bridgehead atoms. The lowest BCUT2D eigenvalue weighted by Crippen LogP contribution is -2.44. The number of pyridine rings is 1. The number of rotatable bonds is 7. The van der Waals surface area contributed by atoms with Crippen molar-refractivity contribution < 1.29 is 13.2 Å². The van der Waals surface area contributed by atoms with Crippen LogP contribution in [0.25, 0.3) is 10.2 Å². The normalized spacial score (nSPS) is 15.3. The van der Waals surface area contributed by atoms with Crippen LogP contribution in [0, 0.1) is 12.8 Å². The van der Waals surface area contributed by atoms with Gasteiger partial charge in [-0.1, -0.05) is 61.1 Å². The van der Waals surface area contributed by atoms with Gasteiger partial charge in [0.05, 0.1) is 21.7 Å². The number of nitrogens with zero attached hydrogens (tertiary/aromatic N) is 4. The number of thiazole rings is 1. The Hall–Kier alpha value is -3.14. The number of benzene rings is 2. The lowest BCUT2D eigenvalue weighted by Gasteiger charge is -2.33. The molecule has 0 spiro atoms. The lowest BCUT2D eigenvalue weighted by molar-refractivity contribution is -0.123. The summed E-state index contributed by atoms with van der Waals surface area (Å²) in [5.41, 5.74) is 4.03. The van der Waals surface area contributed by atoms with Gasteiger partial charge in [-0.05, 0) is 61.1 Å². The average Bonchev–Trinajstić information content (AvgIpc) is 3.36. The Morgan fingerprint density at radius 3 is 2.47 bits per heavy atom.